The number of hydrogen-bond acceptors (Lipinski definition) is 2. The molecule has 0 aliphatic heterocycles. The predicted octanol–water partition coefficient (Wildman–Crippen LogP) is 1.99. The molecule has 1 aromatic rings. The first kappa shape index (κ1) is 7.64. The maximum atomic E-state index is 4.18. The van der Waals surface area contributed by atoms with Gasteiger partial charge in [-0.15, -0.1) is 0 Å². The molecule has 0 saturated heterocycles. The number of hydrogen-bond donors (Lipinski definition) is 0. The first-order chi connectivity index (χ1) is 4.20. The number of halogens is 2. The highest BCUT2D eigenvalue weighted by atomic mass is 127. The van der Waals surface area contributed by atoms with Crippen molar-refractivity contribution in [2.24, 2.45) is 0 Å². The van der Waals surface area contributed by atoms with Crippen LogP contribution in [0.1, 0.15) is 5.69 Å². The number of nitrogens with zero attached hydrogens (tertiary/aromatic N) is 2. The van der Waals surface area contributed by atoms with Crippen LogP contribution < -0.4 is 0 Å². The van der Waals surface area contributed by atoms with Gasteiger partial charge >= 0.3 is 0 Å². The van der Waals surface area contributed by atoms with Gasteiger partial charge in [0, 0.05) is 0 Å². The second kappa shape index (κ2) is 3.09. The number of aromatic nitrogens is 2. The van der Waals surface area contributed by atoms with E-state index in [0.717, 1.165) is 13.1 Å². The fraction of sp³-hybridized carbons (Fsp3) is 0.200. The van der Waals surface area contributed by atoms with Crippen molar-refractivity contribution in [3.05, 3.63) is 19.3 Å². The van der Waals surface area contributed by atoms with Gasteiger partial charge in [-0.3, -0.25) is 4.98 Å². The number of aryl methyl sites for hydroxylation is 1. The van der Waals surface area contributed by atoms with Crippen LogP contribution in [0.4, 0.5) is 0 Å². The third kappa shape index (κ3) is 1.99. The molecule has 0 saturated carbocycles. The summed E-state index contributed by atoms with van der Waals surface area (Å²) in [5.74, 6) is 0. The Bertz CT molecular complexity index is 224. The summed E-state index contributed by atoms with van der Waals surface area (Å²) in [5.41, 5.74) is 0.996. The molecule has 4 heteroatoms. The minimum Gasteiger partial charge on any atom is -0.256 e. The van der Waals surface area contributed by atoms with Gasteiger partial charge in [0.25, 0.3) is 0 Å². The van der Waals surface area contributed by atoms with Gasteiger partial charge in [0.05, 0.1) is 11.9 Å². The van der Waals surface area contributed by atoms with Crippen molar-refractivity contribution in [1.29, 1.82) is 0 Å². The van der Waals surface area contributed by atoms with Gasteiger partial charge in [0.15, 0.2) is 0 Å². The fourth-order valence-electron chi connectivity index (χ4n) is 0.407. The lowest BCUT2D eigenvalue weighted by Crippen LogP contribution is -1.91. The summed E-state index contributed by atoms with van der Waals surface area (Å²) in [6.45, 7) is 1.95. The molecule has 0 radical (unpaired) electrons. The second-order valence-corrected chi connectivity index (χ2v) is 3.70. The van der Waals surface area contributed by atoms with E-state index in [2.05, 4.69) is 55.1 Å². The predicted molar refractivity (Wildman–Crippen MR) is 52.2 cm³/mol. The molecule has 1 rings (SSSR count). The van der Waals surface area contributed by atoms with E-state index >= 15 is 0 Å². The molecule has 48 valence electrons. The van der Waals surface area contributed by atoms with Crippen LogP contribution in [0, 0.1) is 14.3 Å². The van der Waals surface area contributed by atoms with E-state index in [1.165, 1.54) is 0 Å². The molecule has 0 amide bonds. The van der Waals surface area contributed by atoms with Gasteiger partial charge in [-0.1, -0.05) is 0 Å². The molecular formula is C5H4I2N2. The van der Waals surface area contributed by atoms with Gasteiger partial charge in [-0.05, 0) is 52.1 Å². The van der Waals surface area contributed by atoms with E-state index in [-0.39, 0.29) is 0 Å². The average molecular weight is 346 g/mol. The largest absolute Gasteiger partial charge is 0.256 e. The monoisotopic (exact) mass is 346 g/mol. The molecule has 0 spiro atoms. The average Bonchev–Trinajstić information content (AvgIpc) is 1.80. The first-order valence-corrected chi connectivity index (χ1v) is 4.50. The molecule has 0 bridgehead atoms. The van der Waals surface area contributed by atoms with Crippen LogP contribution >= 0.6 is 45.2 Å². The fourth-order valence-corrected chi connectivity index (χ4v) is 1.65. The van der Waals surface area contributed by atoms with Gasteiger partial charge in [0.1, 0.15) is 7.40 Å². The minimum atomic E-state index is 0.947. The maximum absolute atomic E-state index is 4.18. The Morgan fingerprint density at radius 2 is 2.11 bits per heavy atom. The summed E-state index contributed by atoms with van der Waals surface area (Å²) in [4.78, 5) is 8.28. The molecule has 2 nitrogen and oxygen atoms in total. The van der Waals surface area contributed by atoms with Crippen molar-refractivity contribution < 1.29 is 0 Å². The smallest absolute Gasteiger partial charge is 0.123 e. The van der Waals surface area contributed by atoms with Crippen molar-refractivity contribution in [3.63, 3.8) is 0 Å². The molecule has 0 aliphatic carbocycles. The van der Waals surface area contributed by atoms with Crippen LogP contribution in [0.2, 0.25) is 0 Å². The summed E-state index contributed by atoms with van der Waals surface area (Å²) in [6, 6.07) is 0. The van der Waals surface area contributed by atoms with Crippen LogP contribution in [0.25, 0.3) is 0 Å². The number of rotatable bonds is 0. The van der Waals surface area contributed by atoms with E-state index in [9.17, 15) is 0 Å². The van der Waals surface area contributed by atoms with Crippen molar-refractivity contribution >= 4 is 45.2 Å². The van der Waals surface area contributed by atoms with E-state index in [1.54, 1.807) is 6.20 Å². The van der Waals surface area contributed by atoms with Crippen molar-refractivity contribution in [1.82, 2.24) is 9.97 Å². The Labute approximate surface area is 80.8 Å². The Kier molecular flexibility index (Phi) is 2.62. The van der Waals surface area contributed by atoms with Crippen molar-refractivity contribution in [3.8, 4) is 0 Å². The summed E-state index contributed by atoms with van der Waals surface area (Å²) < 4.78 is 1.93. The summed E-state index contributed by atoms with van der Waals surface area (Å²) in [7, 11) is 0. The van der Waals surface area contributed by atoms with Gasteiger partial charge in [-0.2, -0.15) is 0 Å². The zero-order valence-corrected chi connectivity index (χ0v) is 9.04. The van der Waals surface area contributed by atoms with Crippen LogP contribution in [-0.4, -0.2) is 9.97 Å². The van der Waals surface area contributed by atoms with E-state index in [1.807, 2.05) is 6.92 Å². The minimum absolute atomic E-state index is 0.947. The molecule has 1 heterocycles. The Hall–Kier alpha value is 0.540. The lowest BCUT2D eigenvalue weighted by Gasteiger charge is -1.93. The third-order valence-corrected chi connectivity index (χ3v) is 2.41. The van der Waals surface area contributed by atoms with Crippen molar-refractivity contribution in [2.75, 3.05) is 0 Å². The van der Waals surface area contributed by atoms with Crippen LogP contribution in [0.3, 0.4) is 0 Å². The lowest BCUT2D eigenvalue weighted by atomic mass is 10.5. The summed E-state index contributed by atoms with van der Waals surface area (Å²) >= 11 is 4.32. The standard InChI is InChI=1S/C5H4I2N2/c1-3-5(7)9-4(6)2-8-3/h2H,1H3. The van der Waals surface area contributed by atoms with E-state index in [0.29, 0.717) is 0 Å². The molecule has 0 aliphatic rings. The zero-order valence-electron chi connectivity index (χ0n) is 4.73. The highest BCUT2D eigenvalue weighted by Gasteiger charge is 1.95. The van der Waals surface area contributed by atoms with Crippen LogP contribution in [0.15, 0.2) is 6.20 Å². The second-order valence-electron chi connectivity index (χ2n) is 1.57. The van der Waals surface area contributed by atoms with E-state index < -0.39 is 0 Å². The molecule has 0 unspecified atom stereocenters. The van der Waals surface area contributed by atoms with E-state index in [4.69, 9.17) is 0 Å². The topological polar surface area (TPSA) is 25.8 Å². The Morgan fingerprint density at radius 3 is 2.56 bits per heavy atom. The summed E-state index contributed by atoms with van der Waals surface area (Å²) in [5, 5.41) is 0. The van der Waals surface area contributed by atoms with Gasteiger partial charge in [-0.25, -0.2) is 4.98 Å². The molecule has 0 N–H and O–H groups in total. The van der Waals surface area contributed by atoms with Crippen LogP contribution in [-0.2, 0) is 0 Å². The highest BCUT2D eigenvalue weighted by molar-refractivity contribution is 14.1. The zero-order chi connectivity index (χ0) is 6.85. The molecule has 0 atom stereocenters. The van der Waals surface area contributed by atoms with Crippen molar-refractivity contribution in [2.45, 2.75) is 6.92 Å². The molecule has 0 fully saturated rings. The quantitative estimate of drug-likeness (QED) is 0.672. The molecule has 9 heavy (non-hydrogen) atoms. The Balaban J connectivity index is 3.17. The maximum Gasteiger partial charge on any atom is 0.123 e. The summed E-state index contributed by atoms with van der Waals surface area (Å²) in [6.07, 6.45) is 1.76. The Morgan fingerprint density at radius 1 is 1.44 bits per heavy atom. The molecule has 1 aromatic heterocycles. The molecule has 0 aromatic carbocycles. The van der Waals surface area contributed by atoms with Crippen LogP contribution in [0.5, 0.6) is 0 Å². The lowest BCUT2D eigenvalue weighted by molar-refractivity contribution is 1.05. The SMILES string of the molecule is Cc1ncc(I)nc1I. The molecular weight excluding hydrogens is 342 g/mol. The highest BCUT2D eigenvalue weighted by Crippen LogP contribution is 2.06. The normalized spacial score (nSPS) is 9.67. The van der Waals surface area contributed by atoms with Gasteiger partial charge < -0.3 is 0 Å². The first-order valence-electron chi connectivity index (χ1n) is 2.35. The van der Waals surface area contributed by atoms with Gasteiger partial charge in [0.2, 0.25) is 0 Å². The third-order valence-electron chi connectivity index (χ3n) is 0.868.